The fraction of sp³-hybridized carbons (Fsp3) is 0.318. The number of aromatic nitrogens is 2. The second-order valence-corrected chi connectivity index (χ2v) is 6.53. The van der Waals surface area contributed by atoms with E-state index in [0.29, 0.717) is 31.8 Å². The number of ether oxygens (including phenoxy) is 1. The number of carbonyl (C=O) groups is 1. The lowest BCUT2D eigenvalue weighted by molar-refractivity contribution is -0.130. The van der Waals surface area contributed by atoms with Gasteiger partial charge in [-0.05, 0) is 38.0 Å². The van der Waals surface area contributed by atoms with Crippen molar-refractivity contribution in [1.29, 1.82) is 0 Å². The van der Waals surface area contributed by atoms with Crippen molar-refractivity contribution in [2.45, 2.75) is 33.2 Å². The molecule has 0 unspecified atom stereocenters. The molecular formula is C22H25N3O2. The third-order valence-electron chi connectivity index (χ3n) is 4.53. The van der Waals surface area contributed by atoms with Crippen LogP contribution in [-0.4, -0.2) is 34.4 Å². The zero-order chi connectivity index (χ0) is 19.2. The molecule has 0 spiro atoms. The molecule has 5 nitrogen and oxygen atoms in total. The third-order valence-corrected chi connectivity index (χ3v) is 4.53. The molecule has 0 aliphatic rings. The van der Waals surface area contributed by atoms with Gasteiger partial charge in [0.05, 0.1) is 18.7 Å². The number of hydrogen-bond acceptors (Lipinski definition) is 4. The molecule has 140 valence electrons. The second-order valence-electron chi connectivity index (χ2n) is 6.53. The molecule has 3 rings (SSSR count). The van der Waals surface area contributed by atoms with E-state index in [1.165, 1.54) is 0 Å². The van der Waals surface area contributed by atoms with Crippen molar-refractivity contribution in [2.75, 3.05) is 13.7 Å². The first-order chi connectivity index (χ1) is 13.1. The first-order valence-electron chi connectivity index (χ1n) is 9.25. The summed E-state index contributed by atoms with van der Waals surface area (Å²) < 4.78 is 5.63. The van der Waals surface area contributed by atoms with Crippen molar-refractivity contribution in [2.24, 2.45) is 0 Å². The first-order valence-corrected chi connectivity index (χ1v) is 9.25. The minimum Gasteiger partial charge on any atom is -0.494 e. The predicted molar refractivity (Wildman–Crippen MR) is 107 cm³/mol. The normalized spacial score (nSPS) is 10.8. The van der Waals surface area contributed by atoms with Gasteiger partial charge >= 0.3 is 0 Å². The maximum atomic E-state index is 12.6. The molecular weight excluding hydrogens is 338 g/mol. The lowest BCUT2D eigenvalue weighted by atomic mass is 10.1. The molecule has 0 atom stereocenters. The maximum absolute atomic E-state index is 12.6. The lowest BCUT2D eigenvalue weighted by Crippen LogP contribution is -2.27. The van der Waals surface area contributed by atoms with Crippen LogP contribution in [0.2, 0.25) is 0 Å². The zero-order valence-electron chi connectivity index (χ0n) is 16.1. The minimum absolute atomic E-state index is 0.0655. The number of carbonyl (C=O) groups excluding carboxylic acids is 1. The molecule has 0 aliphatic heterocycles. The zero-order valence-corrected chi connectivity index (χ0v) is 16.1. The van der Waals surface area contributed by atoms with E-state index in [9.17, 15) is 4.79 Å². The Morgan fingerprint density at radius 3 is 2.63 bits per heavy atom. The molecule has 1 aromatic heterocycles. The Kier molecular flexibility index (Phi) is 6.01. The van der Waals surface area contributed by atoms with Crippen LogP contribution in [0.3, 0.4) is 0 Å². The van der Waals surface area contributed by atoms with Gasteiger partial charge in [0, 0.05) is 24.5 Å². The van der Waals surface area contributed by atoms with Crippen LogP contribution in [0.15, 0.2) is 48.5 Å². The third kappa shape index (κ3) is 4.61. The molecule has 2 aromatic carbocycles. The average molecular weight is 363 g/mol. The standard InChI is InChI=1S/C22H25N3O2/c1-4-27-20-12-8-5-9-17(20)13-14-22(26)25(3)15-21-23-16(2)18-10-6-7-11-19(18)24-21/h5-12H,4,13-15H2,1-3H3. The average Bonchev–Trinajstić information content (AvgIpc) is 2.67. The van der Waals surface area contributed by atoms with E-state index < -0.39 is 0 Å². The Balaban J connectivity index is 1.64. The molecule has 0 saturated heterocycles. The molecule has 0 fully saturated rings. The predicted octanol–water partition coefficient (Wildman–Crippen LogP) is 3.93. The fourth-order valence-electron chi connectivity index (χ4n) is 3.11. The fourth-order valence-corrected chi connectivity index (χ4v) is 3.11. The Morgan fingerprint density at radius 2 is 1.81 bits per heavy atom. The van der Waals surface area contributed by atoms with Crippen molar-refractivity contribution >= 4 is 16.8 Å². The molecule has 0 N–H and O–H groups in total. The van der Waals surface area contributed by atoms with E-state index in [0.717, 1.165) is 27.9 Å². The summed E-state index contributed by atoms with van der Waals surface area (Å²) in [4.78, 5) is 23.4. The number of fused-ring (bicyclic) bond motifs is 1. The molecule has 3 aromatic rings. The van der Waals surface area contributed by atoms with Crippen LogP contribution in [0.1, 0.15) is 30.4 Å². The largest absolute Gasteiger partial charge is 0.494 e. The summed E-state index contributed by atoms with van der Waals surface area (Å²) in [5.74, 6) is 1.58. The second kappa shape index (κ2) is 8.62. The summed E-state index contributed by atoms with van der Waals surface area (Å²) in [6, 6.07) is 15.8. The summed E-state index contributed by atoms with van der Waals surface area (Å²) in [6.07, 6.45) is 1.07. The first kappa shape index (κ1) is 18.8. The SMILES string of the molecule is CCOc1ccccc1CCC(=O)N(C)Cc1nc(C)c2ccccc2n1. The molecule has 1 amide bonds. The van der Waals surface area contributed by atoms with Gasteiger partial charge in [-0.1, -0.05) is 36.4 Å². The van der Waals surface area contributed by atoms with Gasteiger partial charge in [0.2, 0.25) is 5.91 Å². The Morgan fingerprint density at radius 1 is 1.07 bits per heavy atom. The number of hydrogen-bond donors (Lipinski definition) is 0. The highest BCUT2D eigenvalue weighted by molar-refractivity contribution is 5.80. The van der Waals surface area contributed by atoms with Gasteiger partial charge < -0.3 is 9.64 Å². The Bertz CT molecular complexity index is 940. The van der Waals surface area contributed by atoms with Crippen LogP contribution in [0.4, 0.5) is 0 Å². The highest BCUT2D eigenvalue weighted by Crippen LogP contribution is 2.20. The number of rotatable bonds is 7. The van der Waals surface area contributed by atoms with Gasteiger partial charge in [-0.2, -0.15) is 0 Å². The van der Waals surface area contributed by atoms with Crippen LogP contribution in [0.5, 0.6) is 5.75 Å². The van der Waals surface area contributed by atoms with Crippen molar-refractivity contribution in [3.63, 3.8) is 0 Å². The number of amides is 1. The molecule has 0 saturated carbocycles. The summed E-state index contributed by atoms with van der Waals surface area (Å²) in [6.45, 7) is 4.95. The van der Waals surface area contributed by atoms with Crippen molar-refractivity contribution < 1.29 is 9.53 Å². The van der Waals surface area contributed by atoms with Crippen LogP contribution < -0.4 is 4.74 Å². The lowest BCUT2D eigenvalue weighted by Gasteiger charge is -2.17. The van der Waals surface area contributed by atoms with Crippen LogP contribution in [0.25, 0.3) is 10.9 Å². The van der Waals surface area contributed by atoms with Gasteiger partial charge in [0.1, 0.15) is 11.6 Å². The topological polar surface area (TPSA) is 55.3 Å². The van der Waals surface area contributed by atoms with Crippen molar-refractivity contribution in [1.82, 2.24) is 14.9 Å². The molecule has 5 heteroatoms. The van der Waals surface area contributed by atoms with E-state index in [2.05, 4.69) is 9.97 Å². The molecule has 0 radical (unpaired) electrons. The van der Waals surface area contributed by atoms with Gasteiger partial charge in [-0.3, -0.25) is 4.79 Å². The van der Waals surface area contributed by atoms with Crippen LogP contribution in [-0.2, 0) is 17.8 Å². The molecule has 0 bridgehead atoms. The van der Waals surface area contributed by atoms with Crippen molar-refractivity contribution in [3.05, 3.63) is 65.6 Å². The molecule has 0 aliphatic carbocycles. The Labute approximate surface area is 160 Å². The van der Waals surface area contributed by atoms with Gasteiger partial charge in [-0.15, -0.1) is 0 Å². The van der Waals surface area contributed by atoms with E-state index in [1.807, 2.05) is 62.4 Å². The summed E-state index contributed by atoms with van der Waals surface area (Å²) in [7, 11) is 1.80. The monoisotopic (exact) mass is 363 g/mol. The Hall–Kier alpha value is -2.95. The maximum Gasteiger partial charge on any atom is 0.223 e. The number of aryl methyl sites for hydroxylation is 2. The number of para-hydroxylation sites is 2. The molecule has 1 heterocycles. The van der Waals surface area contributed by atoms with Crippen LogP contribution in [0, 0.1) is 6.92 Å². The van der Waals surface area contributed by atoms with E-state index in [1.54, 1.807) is 11.9 Å². The van der Waals surface area contributed by atoms with Gasteiger partial charge in [-0.25, -0.2) is 9.97 Å². The quantitative estimate of drug-likeness (QED) is 0.638. The highest BCUT2D eigenvalue weighted by Gasteiger charge is 2.13. The summed E-state index contributed by atoms with van der Waals surface area (Å²) in [5, 5.41) is 1.04. The smallest absolute Gasteiger partial charge is 0.223 e. The van der Waals surface area contributed by atoms with E-state index in [4.69, 9.17) is 4.74 Å². The summed E-state index contributed by atoms with van der Waals surface area (Å²) >= 11 is 0. The van der Waals surface area contributed by atoms with E-state index in [-0.39, 0.29) is 5.91 Å². The highest BCUT2D eigenvalue weighted by atomic mass is 16.5. The summed E-state index contributed by atoms with van der Waals surface area (Å²) in [5.41, 5.74) is 2.90. The van der Waals surface area contributed by atoms with Gasteiger partial charge in [0.15, 0.2) is 0 Å². The van der Waals surface area contributed by atoms with Crippen molar-refractivity contribution in [3.8, 4) is 5.75 Å². The minimum atomic E-state index is 0.0655. The van der Waals surface area contributed by atoms with E-state index >= 15 is 0 Å². The van der Waals surface area contributed by atoms with Gasteiger partial charge in [0.25, 0.3) is 0 Å². The molecule has 27 heavy (non-hydrogen) atoms. The number of nitrogens with zero attached hydrogens (tertiary/aromatic N) is 3. The van der Waals surface area contributed by atoms with Crippen LogP contribution >= 0.6 is 0 Å². The number of benzene rings is 2.